The number of allylic oxidation sites excluding steroid dienone is 3. The Morgan fingerprint density at radius 2 is 2.04 bits per heavy atom. The van der Waals surface area contributed by atoms with Crippen LogP contribution in [0.15, 0.2) is 60.7 Å². The topological polar surface area (TPSA) is 30.3 Å². The summed E-state index contributed by atoms with van der Waals surface area (Å²) in [7, 11) is 1.93. The van der Waals surface area contributed by atoms with Crippen LogP contribution in [0.3, 0.4) is 0 Å². The summed E-state index contributed by atoms with van der Waals surface area (Å²) < 4.78 is 7.41. The van der Waals surface area contributed by atoms with E-state index in [4.69, 9.17) is 4.74 Å². The molecule has 0 atom stereocenters. The molecule has 2 heterocycles. The molecule has 1 aliphatic heterocycles. The summed E-state index contributed by atoms with van der Waals surface area (Å²) in [5.41, 5.74) is 6.65. The van der Waals surface area contributed by atoms with E-state index in [1.165, 1.54) is 5.57 Å². The minimum atomic E-state index is 0.669. The first-order valence-electron chi connectivity index (χ1n) is 8.10. The van der Waals surface area contributed by atoms with Crippen LogP contribution >= 0.6 is 0 Å². The van der Waals surface area contributed by atoms with Gasteiger partial charge in [-0.1, -0.05) is 6.58 Å². The predicted octanol–water partition coefficient (Wildman–Crippen LogP) is 4.45. The van der Waals surface area contributed by atoms with Crippen molar-refractivity contribution in [3.05, 3.63) is 71.8 Å². The molecule has 2 aromatic rings. The van der Waals surface area contributed by atoms with Gasteiger partial charge in [-0.15, -0.1) is 0 Å². The van der Waals surface area contributed by atoms with Gasteiger partial charge in [0.15, 0.2) is 0 Å². The largest absolute Gasteiger partial charge is 0.494 e. The van der Waals surface area contributed by atoms with Gasteiger partial charge in [-0.2, -0.15) is 5.10 Å². The number of anilines is 1. The molecule has 0 saturated carbocycles. The molecule has 0 fully saturated rings. The zero-order valence-electron chi connectivity index (χ0n) is 14.7. The fourth-order valence-electron chi connectivity index (χ4n) is 2.95. The van der Waals surface area contributed by atoms with Crippen molar-refractivity contribution in [1.29, 1.82) is 0 Å². The normalized spacial score (nSPS) is 14.5. The van der Waals surface area contributed by atoms with E-state index in [1.807, 2.05) is 37.1 Å². The first-order chi connectivity index (χ1) is 11.5. The lowest BCUT2D eigenvalue weighted by Crippen LogP contribution is -2.18. The van der Waals surface area contributed by atoms with Gasteiger partial charge in [0.25, 0.3) is 0 Å². The van der Waals surface area contributed by atoms with E-state index in [2.05, 4.69) is 54.8 Å². The van der Waals surface area contributed by atoms with Crippen LogP contribution in [0.4, 0.5) is 5.69 Å². The summed E-state index contributed by atoms with van der Waals surface area (Å²) in [6.07, 6.45) is 8.16. The van der Waals surface area contributed by atoms with Gasteiger partial charge >= 0.3 is 0 Å². The number of ether oxygens (including phenoxy) is 1. The molecule has 3 rings (SSSR count). The second-order valence-electron chi connectivity index (χ2n) is 6.02. The Labute approximate surface area is 143 Å². The second kappa shape index (κ2) is 6.40. The van der Waals surface area contributed by atoms with Gasteiger partial charge in [0.2, 0.25) is 0 Å². The lowest BCUT2D eigenvalue weighted by Gasteiger charge is -2.28. The van der Waals surface area contributed by atoms with E-state index in [1.54, 1.807) is 0 Å². The Morgan fingerprint density at radius 1 is 1.25 bits per heavy atom. The van der Waals surface area contributed by atoms with E-state index in [-0.39, 0.29) is 0 Å². The molecule has 24 heavy (non-hydrogen) atoms. The molecule has 0 amide bonds. The molecule has 0 bridgehead atoms. The number of hydrogen-bond acceptors (Lipinski definition) is 3. The van der Waals surface area contributed by atoms with Gasteiger partial charge in [0, 0.05) is 42.0 Å². The summed E-state index contributed by atoms with van der Waals surface area (Å²) in [4.78, 5) is 2.13. The van der Waals surface area contributed by atoms with Crippen molar-refractivity contribution in [3.8, 4) is 5.75 Å². The van der Waals surface area contributed by atoms with Crippen molar-refractivity contribution in [2.45, 2.75) is 20.8 Å². The van der Waals surface area contributed by atoms with Gasteiger partial charge in [-0.05, 0) is 56.2 Å². The Hall–Kier alpha value is -2.75. The number of rotatable bonds is 4. The summed E-state index contributed by atoms with van der Waals surface area (Å²) in [6, 6.07) is 6.15. The minimum absolute atomic E-state index is 0.669. The highest BCUT2D eigenvalue weighted by molar-refractivity contribution is 5.84. The number of aryl methyl sites for hydroxylation is 2. The summed E-state index contributed by atoms with van der Waals surface area (Å²) in [6.45, 7) is 11.1. The maximum Gasteiger partial charge on any atom is 0.119 e. The molecule has 1 aromatic carbocycles. The van der Waals surface area contributed by atoms with Gasteiger partial charge in [0.05, 0.1) is 12.8 Å². The smallest absolute Gasteiger partial charge is 0.119 e. The number of aromatic nitrogens is 2. The maximum atomic E-state index is 5.59. The minimum Gasteiger partial charge on any atom is -0.494 e. The Balaban J connectivity index is 2.01. The average molecular weight is 321 g/mol. The van der Waals surface area contributed by atoms with Crippen molar-refractivity contribution in [3.63, 3.8) is 0 Å². The van der Waals surface area contributed by atoms with Gasteiger partial charge in [-0.3, -0.25) is 4.68 Å². The zero-order chi connectivity index (χ0) is 17.3. The van der Waals surface area contributed by atoms with E-state index < -0.39 is 0 Å². The molecule has 0 saturated heterocycles. The highest BCUT2D eigenvalue weighted by Crippen LogP contribution is 2.35. The molecule has 0 aliphatic carbocycles. The first kappa shape index (κ1) is 16.1. The highest BCUT2D eigenvalue weighted by Gasteiger charge is 2.18. The Bertz CT molecular complexity index is 842. The maximum absolute atomic E-state index is 5.59. The molecular formula is C20H23N3O. The molecule has 124 valence electrons. The molecule has 0 N–H and O–H groups in total. The Morgan fingerprint density at radius 3 is 2.67 bits per heavy atom. The van der Waals surface area contributed by atoms with Crippen molar-refractivity contribution in [2.75, 3.05) is 11.5 Å². The van der Waals surface area contributed by atoms with Gasteiger partial charge in [0.1, 0.15) is 5.75 Å². The molecule has 1 aromatic heterocycles. The molecular weight excluding hydrogens is 298 g/mol. The van der Waals surface area contributed by atoms with Crippen LogP contribution in [0, 0.1) is 6.92 Å². The molecule has 4 heteroatoms. The highest BCUT2D eigenvalue weighted by atomic mass is 16.5. The van der Waals surface area contributed by atoms with Gasteiger partial charge in [-0.25, -0.2) is 0 Å². The van der Waals surface area contributed by atoms with Crippen LogP contribution in [0.5, 0.6) is 5.75 Å². The van der Waals surface area contributed by atoms with Crippen molar-refractivity contribution in [2.24, 2.45) is 7.05 Å². The fraction of sp³-hybridized carbons (Fsp3) is 0.250. The summed E-state index contributed by atoms with van der Waals surface area (Å²) in [5.74, 6) is 0.893. The van der Waals surface area contributed by atoms with Crippen molar-refractivity contribution < 1.29 is 4.74 Å². The van der Waals surface area contributed by atoms with Crippen LogP contribution in [0.25, 0.3) is 5.57 Å². The summed E-state index contributed by atoms with van der Waals surface area (Å²) >= 11 is 0. The van der Waals surface area contributed by atoms with Crippen LogP contribution in [0.1, 0.15) is 25.0 Å². The zero-order valence-corrected chi connectivity index (χ0v) is 14.7. The SMILES string of the molecule is C=C1C=C(C)C(c2cnn(C)c2)=CN1c1ccc(OCC)cc1C. The predicted molar refractivity (Wildman–Crippen MR) is 98.9 cm³/mol. The molecule has 4 nitrogen and oxygen atoms in total. The lowest BCUT2D eigenvalue weighted by atomic mass is 9.98. The number of nitrogens with zero attached hydrogens (tertiary/aromatic N) is 3. The standard InChI is InChI=1S/C20H23N3O/c1-6-24-18-7-8-20(15(3)10-18)23-13-19(14(2)9-16(23)4)17-11-21-22(5)12-17/h7-13H,4,6H2,1-3,5H3. The lowest BCUT2D eigenvalue weighted by molar-refractivity contribution is 0.340. The van der Waals surface area contributed by atoms with Crippen molar-refractivity contribution >= 4 is 11.3 Å². The van der Waals surface area contributed by atoms with E-state index >= 15 is 0 Å². The molecule has 0 spiro atoms. The van der Waals surface area contributed by atoms with Crippen molar-refractivity contribution in [1.82, 2.24) is 9.78 Å². The average Bonchev–Trinajstić information content (AvgIpc) is 2.95. The number of hydrogen-bond donors (Lipinski definition) is 0. The van der Waals surface area contributed by atoms with Crippen LogP contribution in [-0.4, -0.2) is 16.4 Å². The molecule has 0 radical (unpaired) electrons. The Kier molecular flexibility index (Phi) is 4.30. The first-order valence-corrected chi connectivity index (χ1v) is 8.10. The van der Waals surface area contributed by atoms with Crippen LogP contribution in [0.2, 0.25) is 0 Å². The third-order valence-electron chi connectivity index (χ3n) is 4.13. The molecule has 1 aliphatic rings. The van der Waals surface area contributed by atoms with Crippen LogP contribution in [-0.2, 0) is 7.05 Å². The quantitative estimate of drug-likeness (QED) is 0.833. The fourth-order valence-corrected chi connectivity index (χ4v) is 2.95. The van der Waals surface area contributed by atoms with Crippen LogP contribution < -0.4 is 9.64 Å². The summed E-state index contributed by atoms with van der Waals surface area (Å²) in [5, 5.41) is 4.28. The number of benzene rings is 1. The second-order valence-corrected chi connectivity index (χ2v) is 6.02. The van der Waals surface area contributed by atoms with E-state index in [9.17, 15) is 0 Å². The molecule has 0 unspecified atom stereocenters. The van der Waals surface area contributed by atoms with E-state index in [0.29, 0.717) is 6.61 Å². The van der Waals surface area contributed by atoms with Gasteiger partial charge < -0.3 is 9.64 Å². The van der Waals surface area contributed by atoms with E-state index in [0.717, 1.165) is 33.8 Å². The monoisotopic (exact) mass is 321 g/mol. The third kappa shape index (κ3) is 3.00. The third-order valence-corrected chi connectivity index (χ3v) is 4.13.